The summed E-state index contributed by atoms with van der Waals surface area (Å²) in [5.41, 5.74) is 9.17. The van der Waals surface area contributed by atoms with Crippen LogP contribution in [0, 0.1) is 5.92 Å². The summed E-state index contributed by atoms with van der Waals surface area (Å²) in [6.45, 7) is 1.56. The van der Waals surface area contributed by atoms with Gasteiger partial charge in [0.15, 0.2) is 0 Å². The summed E-state index contributed by atoms with van der Waals surface area (Å²) in [6.07, 6.45) is 3.23. The average Bonchev–Trinajstić information content (AvgIpc) is 3.21. The third-order valence-corrected chi connectivity index (χ3v) is 4.74. The van der Waals surface area contributed by atoms with Crippen LogP contribution in [-0.4, -0.2) is 29.2 Å². The van der Waals surface area contributed by atoms with Crippen LogP contribution in [0.4, 0.5) is 0 Å². The lowest BCUT2D eigenvalue weighted by Crippen LogP contribution is -2.27. The van der Waals surface area contributed by atoms with Gasteiger partial charge in [0.25, 0.3) is 0 Å². The standard InChI is InChI=1S/C19H21N3O4/c23-19(24)14-8-13-7-12(1-4-18(13)26-11-14)10-25-15-2-3-16(20-9-15)17-5-6-21-22-17/h1-4,7,9,14,17,21-22H,5-6,8,10-11H2,(H,23,24)/t14-,17?/m1/s1. The van der Waals surface area contributed by atoms with Crippen LogP contribution in [0.25, 0.3) is 0 Å². The van der Waals surface area contributed by atoms with Crippen molar-refractivity contribution in [3.8, 4) is 11.5 Å². The number of carbonyl (C=O) groups is 1. The first-order chi connectivity index (χ1) is 12.7. The van der Waals surface area contributed by atoms with Crippen molar-refractivity contribution in [2.75, 3.05) is 13.2 Å². The highest BCUT2D eigenvalue weighted by Crippen LogP contribution is 2.29. The molecule has 3 N–H and O–H groups in total. The Morgan fingerprint density at radius 1 is 1.35 bits per heavy atom. The normalized spacial score (nSPS) is 21.7. The van der Waals surface area contributed by atoms with Crippen LogP contribution in [0.2, 0.25) is 0 Å². The van der Waals surface area contributed by atoms with Crippen molar-refractivity contribution in [2.45, 2.75) is 25.5 Å². The zero-order valence-corrected chi connectivity index (χ0v) is 14.3. The van der Waals surface area contributed by atoms with E-state index in [1.165, 1.54) is 0 Å². The molecule has 0 spiro atoms. The van der Waals surface area contributed by atoms with Crippen molar-refractivity contribution in [1.29, 1.82) is 0 Å². The van der Waals surface area contributed by atoms with E-state index in [1.807, 2.05) is 30.3 Å². The molecule has 1 fully saturated rings. The molecular formula is C19H21N3O4. The van der Waals surface area contributed by atoms with Crippen LogP contribution in [0.15, 0.2) is 36.5 Å². The maximum absolute atomic E-state index is 11.2. The van der Waals surface area contributed by atoms with E-state index in [4.69, 9.17) is 14.6 Å². The number of aromatic nitrogens is 1. The van der Waals surface area contributed by atoms with E-state index >= 15 is 0 Å². The summed E-state index contributed by atoms with van der Waals surface area (Å²) in [5.74, 6) is 0.150. The number of hydrogen-bond donors (Lipinski definition) is 3. The molecule has 0 bridgehead atoms. The number of pyridine rings is 1. The van der Waals surface area contributed by atoms with Crippen molar-refractivity contribution in [3.63, 3.8) is 0 Å². The van der Waals surface area contributed by atoms with Gasteiger partial charge in [-0.3, -0.25) is 15.2 Å². The van der Waals surface area contributed by atoms with Gasteiger partial charge in [-0.2, -0.15) is 0 Å². The molecule has 3 heterocycles. The minimum atomic E-state index is -0.824. The van der Waals surface area contributed by atoms with Crippen molar-refractivity contribution in [1.82, 2.24) is 15.8 Å². The van der Waals surface area contributed by atoms with E-state index in [0.717, 1.165) is 35.5 Å². The fourth-order valence-electron chi connectivity index (χ4n) is 3.25. The predicted octanol–water partition coefficient (Wildman–Crippen LogP) is 1.84. The Kier molecular flexibility index (Phi) is 4.73. The van der Waals surface area contributed by atoms with Crippen LogP contribution in [0.5, 0.6) is 11.5 Å². The van der Waals surface area contributed by atoms with Gasteiger partial charge in [-0.15, -0.1) is 0 Å². The van der Waals surface area contributed by atoms with Crippen molar-refractivity contribution in [2.24, 2.45) is 5.92 Å². The van der Waals surface area contributed by atoms with Crippen molar-refractivity contribution in [3.05, 3.63) is 53.3 Å². The molecule has 0 amide bonds. The first-order valence-electron chi connectivity index (χ1n) is 8.73. The lowest BCUT2D eigenvalue weighted by atomic mass is 9.95. The number of hydrogen-bond acceptors (Lipinski definition) is 6. The summed E-state index contributed by atoms with van der Waals surface area (Å²) in [7, 11) is 0. The Bertz CT molecular complexity index is 788. The molecule has 2 aliphatic heterocycles. The lowest BCUT2D eigenvalue weighted by molar-refractivity contribution is -0.143. The first-order valence-corrected chi connectivity index (χ1v) is 8.73. The van der Waals surface area contributed by atoms with Crippen molar-refractivity contribution < 1.29 is 19.4 Å². The molecule has 1 unspecified atom stereocenters. The zero-order valence-electron chi connectivity index (χ0n) is 14.3. The van der Waals surface area contributed by atoms with E-state index in [0.29, 0.717) is 18.8 Å². The number of rotatable bonds is 5. The van der Waals surface area contributed by atoms with Crippen LogP contribution in [0.3, 0.4) is 0 Å². The number of nitrogens with one attached hydrogen (secondary N) is 2. The van der Waals surface area contributed by atoms with Gasteiger partial charge in [0.05, 0.1) is 23.9 Å². The minimum Gasteiger partial charge on any atom is -0.492 e. The Hall–Kier alpha value is -2.64. The number of benzene rings is 1. The van der Waals surface area contributed by atoms with Crippen molar-refractivity contribution >= 4 is 5.97 Å². The molecule has 7 nitrogen and oxygen atoms in total. The Morgan fingerprint density at radius 2 is 2.27 bits per heavy atom. The fraction of sp³-hybridized carbons (Fsp3) is 0.368. The van der Waals surface area contributed by atoms with Gasteiger partial charge in [0.2, 0.25) is 0 Å². The van der Waals surface area contributed by atoms with Gasteiger partial charge < -0.3 is 14.6 Å². The number of fused-ring (bicyclic) bond motifs is 1. The number of carboxylic acids is 1. The first kappa shape index (κ1) is 16.8. The number of aliphatic carboxylic acids is 1. The average molecular weight is 355 g/mol. The molecular weight excluding hydrogens is 334 g/mol. The largest absolute Gasteiger partial charge is 0.492 e. The van der Waals surface area contributed by atoms with E-state index in [2.05, 4.69) is 15.8 Å². The Balaban J connectivity index is 1.39. The third-order valence-electron chi connectivity index (χ3n) is 4.74. The quantitative estimate of drug-likeness (QED) is 0.753. The summed E-state index contributed by atoms with van der Waals surface area (Å²) >= 11 is 0. The topological polar surface area (TPSA) is 92.7 Å². The highest BCUT2D eigenvalue weighted by atomic mass is 16.5. The van der Waals surface area contributed by atoms with E-state index in [1.54, 1.807) is 6.20 Å². The second-order valence-electron chi connectivity index (χ2n) is 6.61. The number of hydrazine groups is 1. The van der Waals surface area contributed by atoms with Crippen LogP contribution < -0.4 is 20.3 Å². The number of ether oxygens (including phenoxy) is 2. The zero-order chi connectivity index (χ0) is 17.9. The van der Waals surface area contributed by atoms with Gasteiger partial charge in [-0.1, -0.05) is 6.07 Å². The van der Waals surface area contributed by atoms with Crippen LogP contribution in [-0.2, 0) is 17.8 Å². The summed E-state index contributed by atoms with van der Waals surface area (Å²) in [5, 5.41) is 9.17. The molecule has 2 aliphatic rings. The minimum absolute atomic E-state index is 0.224. The molecule has 0 radical (unpaired) electrons. The fourth-order valence-corrected chi connectivity index (χ4v) is 3.25. The van der Waals surface area contributed by atoms with Gasteiger partial charge in [0.1, 0.15) is 24.7 Å². The SMILES string of the molecule is O=C(O)[C@H]1COc2ccc(COc3ccc(C4CCNN4)nc3)cc2C1. The molecule has 0 saturated carbocycles. The monoisotopic (exact) mass is 355 g/mol. The molecule has 1 saturated heterocycles. The van der Waals surface area contributed by atoms with Crippen LogP contribution >= 0.6 is 0 Å². The summed E-state index contributed by atoms with van der Waals surface area (Å²) in [4.78, 5) is 15.6. The van der Waals surface area contributed by atoms with Crippen LogP contribution in [0.1, 0.15) is 29.3 Å². The molecule has 0 aliphatic carbocycles. The van der Waals surface area contributed by atoms with E-state index in [-0.39, 0.29) is 12.6 Å². The second kappa shape index (κ2) is 7.31. The highest BCUT2D eigenvalue weighted by Gasteiger charge is 2.25. The smallest absolute Gasteiger partial charge is 0.310 e. The Labute approximate surface area is 151 Å². The maximum atomic E-state index is 11.2. The van der Waals surface area contributed by atoms with Gasteiger partial charge in [-0.25, -0.2) is 5.43 Å². The molecule has 7 heteroatoms. The predicted molar refractivity (Wildman–Crippen MR) is 93.8 cm³/mol. The van der Waals surface area contributed by atoms with Gasteiger partial charge >= 0.3 is 5.97 Å². The van der Waals surface area contributed by atoms with E-state index in [9.17, 15) is 4.79 Å². The number of nitrogens with zero attached hydrogens (tertiary/aromatic N) is 1. The maximum Gasteiger partial charge on any atom is 0.310 e. The third kappa shape index (κ3) is 3.63. The van der Waals surface area contributed by atoms with E-state index < -0.39 is 11.9 Å². The highest BCUT2D eigenvalue weighted by molar-refractivity contribution is 5.71. The summed E-state index contributed by atoms with van der Waals surface area (Å²) < 4.78 is 11.4. The van der Waals surface area contributed by atoms with Gasteiger partial charge in [0, 0.05) is 6.54 Å². The van der Waals surface area contributed by atoms with Gasteiger partial charge in [-0.05, 0) is 48.2 Å². The number of carboxylic acid groups (broad SMARTS) is 1. The molecule has 2 aromatic rings. The Morgan fingerprint density at radius 3 is 3.00 bits per heavy atom. The molecule has 26 heavy (non-hydrogen) atoms. The summed E-state index contributed by atoms with van der Waals surface area (Å²) in [6, 6.07) is 9.91. The lowest BCUT2D eigenvalue weighted by Gasteiger charge is -2.23. The second-order valence-corrected chi connectivity index (χ2v) is 6.61. The molecule has 2 atom stereocenters. The molecule has 1 aromatic carbocycles. The molecule has 4 rings (SSSR count). The molecule has 1 aromatic heterocycles. The molecule has 136 valence electrons.